The lowest BCUT2D eigenvalue weighted by Crippen LogP contribution is -2.01. The molecule has 0 saturated heterocycles. The summed E-state index contributed by atoms with van der Waals surface area (Å²) in [5.74, 6) is 4.06. The summed E-state index contributed by atoms with van der Waals surface area (Å²) in [6.45, 7) is 0. The van der Waals surface area contributed by atoms with Crippen LogP contribution in [0.25, 0.3) is 62.1 Å². The van der Waals surface area contributed by atoms with Gasteiger partial charge in [0.05, 0.1) is 22.8 Å². The molecule has 0 saturated carbocycles. The molecule has 50 heavy (non-hydrogen) atoms. The van der Waals surface area contributed by atoms with Crippen molar-refractivity contribution in [3.8, 4) is 79.5 Å². The van der Waals surface area contributed by atoms with Crippen molar-refractivity contribution in [2.45, 2.75) is 12.8 Å². The standard InChI is InChI=1S/C44H30N4O2/c1-4-12-29(13-5-1)35-27-37(47-43(45-35)32-16-8-3-9-17-32)31-20-22-33(23-21-31)44-46-36(30-14-6-2-7-15-30)28-38(48-44)34-24-25-41-42(26-34)50-40-19-11-10-18-39(40)49-41/h1-6,8-14,16-28H,7,15H2. The lowest BCUT2D eigenvalue weighted by molar-refractivity contribution is 0.360. The smallest absolute Gasteiger partial charge is 0.170 e. The van der Waals surface area contributed by atoms with E-state index >= 15 is 0 Å². The van der Waals surface area contributed by atoms with Crippen LogP contribution in [0.2, 0.25) is 0 Å². The number of hydrogen-bond acceptors (Lipinski definition) is 6. The summed E-state index contributed by atoms with van der Waals surface area (Å²) in [4.78, 5) is 20.1. The highest BCUT2D eigenvalue weighted by Gasteiger charge is 2.20. The average Bonchev–Trinajstić information content (AvgIpc) is 3.20. The Morgan fingerprint density at radius 1 is 0.400 bits per heavy atom. The van der Waals surface area contributed by atoms with Gasteiger partial charge in [0.2, 0.25) is 0 Å². The molecule has 0 amide bonds. The number of hydrogen-bond donors (Lipinski definition) is 0. The van der Waals surface area contributed by atoms with E-state index in [1.165, 1.54) is 5.57 Å². The molecule has 1 aliphatic carbocycles. The van der Waals surface area contributed by atoms with E-state index in [2.05, 4.69) is 66.8 Å². The van der Waals surface area contributed by atoms with Crippen LogP contribution >= 0.6 is 0 Å². The zero-order chi connectivity index (χ0) is 33.3. The van der Waals surface area contributed by atoms with E-state index in [0.29, 0.717) is 34.6 Å². The SMILES string of the molecule is C1=CCCC(c2cc(-c3ccc4c(c3)Oc3ccccc3O4)nc(-c3ccc(-c4cc(-c5ccccc5)nc(-c5ccccc5)n4)cc3)n2)=C1. The quantitative estimate of drug-likeness (QED) is 0.179. The van der Waals surface area contributed by atoms with Crippen molar-refractivity contribution in [3.63, 3.8) is 0 Å². The molecule has 1 aliphatic heterocycles. The molecule has 6 nitrogen and oxygen atoms in total. The van der Waals surface area contributed by atoms with Gasteiger partial charge in [0.15, 0.2) is 34.6 Å². The van der Waals surface area contributed by atoms with E-state index in [0.717, 1.165) is 63.4 Å². The summed E-state index contributed by atoms with van der Waals surface area (Å²) in [5.41, 5.74) is 9.44. The van der Waals surface area contributed by atoms with Crippen LogP contribution in [-0.2, 0) is 0 Å². The lowest BCUT2D eigenvalue weighted by Gasteiger charge is -2.21. The Kier molecular flexibility index (Phi) is 7.52. The predicted octanol–water partition coefficient (Wildman–Crippen LogP) is 11.2. The normalized spacial score (nSPS) is 13.0. The largest absolute Gasteiger partial charge is 0.450 e. The molecule has 2 aromatic heterocycles. The average molecular weight is 647 g/mol. The third kappa shape index (κ3) is 5.84. The maximum absolute atomic E-state index is 6.23. The molecule has 0 spiro atoms. The fourth-order valence-corrected chi connectivity index (χ4v) is 6.25. The molecule has 0 unspecified atom stereocenters. The number of fused-ring (bicyclic) bond motifs is 2. The number of allylic oxidation sites excluding steroid dienone is 4. The maximum Gasteiger partial charge on any atom is 0.170 e. The van der Waals surface area contributed by atoms with Crippen LogP contribution in [0.5, 0.6) is 23.0 Å². The van der Waals surface area contributed by atoms with Gasteiger partial charge in [0, 0.05) is 27.8 Å². The molecule has 9 rings (SSSR count). The van der Waals surface area contributed by atoms with Crippen molar-refractivity contribution in [2.75, 3.05) is 0 Å². The predicted molar refractivity (Wildman–Crippen MR) is 198 cm³/mol. The monoisotopic (exact) mass is 646 g/mol. The second kappa shape index (κ2) is 12.7. The number of aromatic nitrogens is 4. The zero-order valence-electron chi connectivity index (χ0n) is 27.0. The molecular formula is C44H30N4O2. The number of ether oxygens (including phenoxy) is 2. The summed E-state index contributed by atoms with van der Waals surface area (Å²) in [5, 5.41) is 0. The summed E-state index contributed by atoms with van der Waals surface area (Å²) in [7, 11) is 0. The zero-order valence-corrected chi connectivity index (χ0v) is 27.0. The molecule has 0 fully saturated rings. The van der Waals surface area contributed by atoms with Crippen molar-refractivity contribution < 1.29 is 9.47 Å². The minimum Gasteiger partial charge on any atom is -0.450 e. The first kappa shape index (κ1) is 29.5. The van der Waals surface area contributed by atoms with Gasteiger partial charge < -0.3 is 9.47 Å². The molecule has 5 aromatic carbocycles. The van der Waals surface area contributed by atoms with Gasteiger partial charge in [-0.15, -0.1) is 0 Å². The van der Waals surface area contributed by atoms with Gasteiger partial charge in [-0.2, -0.15) is 0 Å². The molecule has 7 aromatic rings. The molecule has 0 bridgehead atoms. The number of benzene rings is 5. The highest BCUT2D eigenvalue weighted by Crippen LogP contribution is 2.46. The van der Waals surface area contributed by atoms with Crippen LogP contribution in [0.1, 0.15) is 18.5 Å². The Balaban J connectivity index is 1.10. The van der Waals surface area contributed by atoms with Crippen LogP contribution < -0.4 is 9.47 Å². The summed E-state index contributed by atoms with van der Waals surface area (Å²) < 4.78 is 12.3. The second-order valence-corrected chi connectivity index (χ2v) is 12.2. The molecule has 6 heteroatoms. The molecule has 238 valence electrons. The third-order valence-electron chi connectivity index (χ3n) is 8.86. The molecule has 0 radical (unpaired) electrons. The third-order valence-corrected chi connectivity index (χ3v) is 8.86. The number of para-hydroxylation sites is 2. The Labute approximate surface area is 290 Å². The molecular weight excluding hydrogens is 617 g/mol. The van der Waals surface area contributed by atoms with Crippen molar-refractivity contribution >= 4 is 5.57 Å². The van der Waals surface area contributed by atoms with Crippen molar-refractivity contribution in [2.24, 2.45) is 0 Å². The Morgan fingerprint density at radius 2 is 0.880 bits per heavy atom. The van der Waals surface area contributed by atoms with Crippen LogP contribution in [0.3, 0.4) is 0 Å². The van der Waals surface area contributed by atoms with Gasteiger partial charge in [-0.05, 0) is 60.9 Å². The van der Waals surface area contributed by atoms with Gasteiger partial charge in [-0.25, -0.2) is 19.9 Å². The highest BCUT2D eigenvalue weighted by atomic mass is 16.6. The summed E-state index contributed by atoms with van der Waals surface area (Å²) in [6, 6.07) is 46.4. The van der Waals surface area contributed by atoms with Crippen LogP contribution in [0, 0.1) is 0 Å². The summed E-state index contributed by atoms with van der Waals surface area (Å²) >= 11 is 0. The Bertz CT molecular complexity index is 2360. The van der Waals surface area contributed by atoms with E-state index in [9.17, 15) is 0 Å². The van der Waals surface area contributed by atoms with E-state index < -0.39 is 0 Å². The van der Waals surface area contributed by atoms with E-state index in [1.807, 2.05) is 91.0 Å². The topological polar surface area (TPSA) is 70.0 Å². The fourth-order valence-electron chi connectivity index (χ4n) is 6.25. The number of rotatable bonds is 6. The van der Waals surface area contributed by atoms with Gasteiger partial charge >= 0.3 is 0 Å². The van der Waals surface area contributed by atoms with E-state index in [1.54, 1.807) is 0 Å². The van der Waals surface area contributed by atoms with E-state index in [4.69, 9.17) is 29.4 Å². The van der Waals surface area contributed by atoms with Crippen molar-refractivity contribution in [1.82, 2.24) is 19.9 Å². The van der Waals surface area contributed by atoms with Gasteiger partial charge in [-0.3, -0.25) is 0 Å². The summed E-state index contributed by atoms with van der Waals surface area (Å²) in [6.07, 6.45) is 8.33. The first-order valence-electron chi connectivity index (χ1n) is 16.7. The highest BCUT2D eigenvalue weighted by molar-refractivity contribution is 5.76. The van der Waals surface area contributed by atoms with Crippen LogP contribution in [0.4, 0.5) is 0 Å². The first-order chi connectivity index (χ1) is 24.7. The molecule has 0 atom stereocenters. The van der Waals surface area contributed by atoms with E-state index in [-0.39, 0.29) is 0 Å². The van der Waals surface area contributed by atoms with Crippen molar-refractivity contribution in [3.05, 3.63) is 163 Å². The maximum atomic E-state index is 6.23. The molecule has 3 heterocycles. The van der Waals surface area contributed by atoms with Crippen molar-refractivity contribution in [1.29, 1.82) is 0 Å². The van der Waals surface area contributed by atoms with Gasteiger partial charge in [0.1, 0.15) is 0 Å². The minimum absolute atomic E-state index is 0.650. The second-order valence-electron chi connectivity index (χ2n) is 12.2. The minimum atomic E-state index is 0.650. The van der Waals surface area contributed by atoms with Gasteiger partial charge in [0.25, 0.3) is 0 Å². The van der Waals surface area contributed by atoms with Crippen LogP contribution in [0.15, 0.2) is 158 Å². The lowest BCUT2D eigenvalue weighted by atomic mass is 9.99. The number of nitrogens with zero attached hydrogens (tertiary/aromatic N) is 4. The molecule has 2 aliphatic rings. The Morgan fingerprint density at radius 3 is 1.54 bits per heavy atom. The first-order valence-corrected chi connectivity index (χ1v) is 16.7. The van der Waals surface area contributed by atoms with Crippen LogP contribution in [-0.4, -0.2) is 19.9 Å². The Hall–Kier alpha value is -6.66. The fraction of sp³-hybridized carbons (Fsp3) is 0.0455. The van der Waals surface area contributed by atoms with Gasteiger partial charge in [-0.1, -0.05) is 115 Å². The molecule has 0 N–H and O–H groups in total.